The van der Waals surface area contributed by atoms with E-state index < -0.39 is 0 Å². The van der Waals surface area contributed by atoms with Crippen molar-refractivity contribution in [3.8, 4) is 0 Å². The molecule has 0 radical (unpaired) electrons. The molecule has 100 valence electrons. The fourth-order valence-electron chi connectivity index (χ4n) is 2.55. The number of rotatable bonds is 6. The first-order valence-corrected chi connectivity index (χ1v) is 8.05. The van der Waals surface area contributed by atoms with Gasteiger partial charge in [-0.3, -0.25) is 4.79 Å². The normalized spacial score (nSPS) is 26.5. The number of hydrogen-bond donors (Lipinski definition) is 2. The summed E-state index contributed by atoms with van der Waals surface area (Å²) >= 11 is 1.88. The minimum absolute atomic E-state index is 0.00410. The van der Waals surface area contributed by atoms with Crippen molar-refractivity contribution in [2.75, 3.05) is 12.8 Å². The summed E-state index contributed by atoms with van der Waals surface area (Å²) in [6, 6.07) is 0.358. The second-order valence-electron chi connectivity index (χ2n) is 4.89. The Morgan fingerprint density at radius 3 is 2.76 bits per heavy atom. The molecule has 1 amide bonds. The molecule has 0 aliphatic heterocycles. The SMILES string of the molecule is CCCC(CN)C(=O)NC1CCCCC1SC. The van der Waals surface area contributed by atoms with Crippen LogP contribution in [0.2, 0.25) is 0 Å². The van der Waals surface area contributed by atoms with Crippen molar-refractivity contribution in [1.82, 2.24) is 5.32 Å². The minimum atomic E-state index is 0.00410. The monoisotopic (exact) mass is 258 g/mol. The van der Waals surface area contributed by atoms with Gasteiger partial charge < -0.3 is 11.1 Å². The summed E-state index contributed by atoms with van der Waals surface area (Å²) in [6.45, 7) is 2.57. The quantitative estimate of drug-likeness (QED) is 0.767. The van der Waals surface area contributed by atoms with Gasteiger partial charge in [-0.05, 0) is 25.5 Å². The molecule has 1 rings (SSSR count). The highest BCUT2D eigenvalue weighted by molar-refractivity contribution is 7.99. The molecule has 1 fully saturated rings. The summed E-state index contributed by atoms with van der Waals surface area (Å²) in [5, 5.41) is 3.81. The van der Waals surface area contributed by atoms with Gasteiger partial charge in [-0.1, -0.05) is 26.2 Å². The number of amides is 1. The highest BCUT2D eigenvalue weighted by atomic mass is 32.2. The summed E-state index contributed by atoms with van der Waals surface area (Å²) in [4.78, 5) is 12.1. The second-order valence-corrected chi connectivity index (χ2v) is 5.97. The number of nitrogens with one attached hydrogen (secondary N) is 1. The maximum absolute atomic E-state index is 12.1. The van der Waals surface area contributed by atoms with Gasteiger partial charge in [0.2, 0.25) is 5.91 Å². The number of hydrogen-bond acceptors (Lipinski definition) is 3. The van der Waals surface area contributed by atoms with Crippen LogP contribution >= 0.6 is 11.8 Å². The van der Waals surface area contributed by atoms with E-state index in [1.54, 1.807) is 0 Å². The molecule has 1 saturated carbocycles. The van der Waals surface area contributed by atoms with Crippen molar-refractivity contribution < 1.29 is 4.79 Å². The van der Waals surface area contributed by atoms with Crippen LogP contribution in [0, 0.1) is 5.92 Å². The Morgan fingerprint density at radius 1 is 1.47 bits per heavy atom. The van der Waals surface area contributed by atoms with Gasteiger partial charge in [-0.25, -0.2) is 0 Å². The Morgan fingerprint density at radius 2 is 2.18 bits per heavy atom. The van der Waals surface area contributed by atoms with E-state index in [1.165, 1.54) is 19.3 Å². The molecule has 0 saturated heterocycles. The Hall–Kier alpha value is -0.220. The Kier molecular flexibility index (Phi) is 6.97. The summed E-state index contributed by atoms with van der Waals surface area (Å²) in [5.41, 5.74) is 5.67. The lowest BCUT2D eigenvalue weighted by Gasteiger charge is -2.32. The van der Waals surface area contributed by atoms with Crippen molar-refractivity contribution in [3.05, 3.63) is 0 Å². The molecule has 4 heteroatoms. The fourth-order valence-corrected chi connectivity index (χ4v) is 3.48. The lowest BCUT2D eigenvalue weighted by molar-refractivity contribution is -0.125. The van der Waals surface area contributed by atoms with Gasteiger partial charge >= 0.3 is 0 Å². The summed E-state index contributed by atoms with van der Waals surface area (Å²) < 4.78 is 0. The summed E-state index contributed by atoms with van der Waals surface area (Å²) in [6.07, 6.45) is 8.95. The first kappa shape index (κ1) is 14.8. The zero-order valence-corrected chi connectivity index (χ0v) is 11.9. The van der Waals surface area contributed by atoms with E-state index in [2.05, 4.69) is 18.5 Å². The molecular weight excluding hydrogens is 232 g/mol. The second kappa shape index (κ2) is 7.98. The molecule has 0 bridgehead atoms. The van der Waals surface area contributed by atoms with Crippen molar-refractivity contribution in [3.63, 3.8) is 0 Å². The number of carbonyl (C=O) groups is 1. The topological polar surface area (TPSA) is 55.1 Å². The third-order valence-electron chi connectivity index (χ3n) is 3.63. The summed E-state index contributed by atoms with van der Waals surface area (Å²) in [5.74, 6) is 0.171. The lowest BCUT2D eigenvalue weighted by Crippen LogP contribution is -2.47. The Bertz CT molecular complexity index is 235. The van der Waals surface area contributed by atoms with Crippen molar-refractivity contribution in [2.24, 2.45) is 11.7 Å². The van der Waals surface area contributed by atoms with Gasteiger partial charge in [-0.2, -0.15) is 11.8 Å². The largest absolute Gasteiger partial charge is 0.352 e. The maximum atomic E-state index is 12.1. The predicted molar refractivity (Wildman–Crippen MR) is 75.2 cm³/mol. The molecule has 3 nitrogen and oxygen atoms in total. The Balaban J connectivity index is 2.47. The maximum Gasteiger partial charge on any atom is 0.224 e. The zero-order chi connectivity index (χ0) is 12.7. The molecule has 3 atom stereocenters. The van der Waals surface area contributed by atoms with Crippen molar-refractivity contribution >= 4 is 17.7 Å². The van der Waals surface area contributed by atoms with Crippen LogP contribution in [-0.2, 0) is 4.79 Å². The zero-order valence-electron chi connectivity index (χ0n) is 11.1. The highest BCUT2D eigenvalue weighted by Crippen LogP contribution is 2.27. The molecule has 0 aromatic rings. The van der Waals surface area contributed by atoms with Gasteiger partial charge in [0.1, 0.15) is 0 Å². The molecule has 3 N–H and O–H groups in total. The van der Waals surface area contributed by atoms with Crippen molar-refractivity contribution in [1.29, 1.82) is 0 Å². The first-order chi connectivity index (χ1) is 8.22. The van der Waals surface area contributed by atoms with Crippen LogP contribution in [0.5, 0.6) is 0 Å². The van der Waals surface area contributed by atoms with Crippen LogP contribution in [0.3, 0.4) is 0 Å². The van der Waals surface area contributed by atoms with Crippen LogP contribution in [0.1, 0.15) is 45.4 Å². The third-order valence-corrected chi connectivity index (χ3v) is 4.80. The molecular formula is C13H26N2OS. The predicted octanol–water partition coefficient (Wildman–Crippen LogP) is 2.15. The van der Waals surface area contributed by atoms with Gasteiger partial charge in [-0.15, -0.1) is 0 Å². The van der Waals surface area contributed by atoms with E-state index in [1.807, 2.05) is 11.8 Å². The van der Waals surface area contributed by atoms with Gasteiger partial charge in [0.15, 0.2) is 0 Å². The van der Waals surface area contributed by atoms with E-state index in [-0.39, 0.29) is 11.8 Å². The van der Waals surface area contributed by atoms with Crippen molar-refractivity contribution in [2.45, 2.75) is 56.7 Å². The van der Waals surface area contributed by atoms with E-state index in [9.17, 15) is 4.79 Å². The standard InChI is InChI=1S/C13H26N2OS/c1-3-6-10(9-14)13(16)15-11-7-4-5-8-12(11)17-2/h10-12H,3-9,14H2,1-2H3,(H,15,16). The van der Waals surface area contributed by atoms with Crippen LogP contribution in [0.4, 0.5) is 0 Å². The first-order valence-electron chi connectivity index (χ1n) is 6.76. The fraction of sp³-hybridized carbons (Fsp3) is 0.923. The average Bonchev–Trinajstić information content (AvgIpc) is 2.36. The molecule has 0 spiro atoms. The van der Waals surface area contributed by atoms with E-state index in [4.69, 9.17) is 5.73 Å². The summed E-state index contributed by atoms with van der Waals surface area (Å²) in [7, 11) is 0. The smallest absolute Gasteiger partial charge is 0.224 e. The Labute approximate surface area is 109 Å². The average molecular weight is 258 g/mol. The van der Waals surface area contributed by atoms with Crippen LogP contribution < -0.4 is 11.1 Å². The number of carbonyl (C=O) groups excluding carboxylic acids is 1. The molecule has 0 heterocycles. The van der Waals surface area contributed by atoms with Crippen LogP contribution in [-0.4, -0.2) is 30.0 Å². The third kappa shape index (κ3) is 4.51. The van der Waals surface area contributed by atoms with Gasteiger partial charge in [0.25, 0.3) is 0 Å². The highest BCUT2D eigenvalue weighted by Gasteiger charge is 2.27. The van der Waals surface area contributed by atoms with Crippen LogP contribution in [0.25, 0.3) is 0 Å². The molecule has 1 aliphatic carbocycles. The minimum Gasteiger partial charge on any atom is -0.352 e. The van der Waals surface area contributed by atoms with E-state index in [0.717, 1.165) is 19.3 Å². The van der Waals surface area contributed by atoms with E-state index in [0.29, 0.717) is 17.8 Å². The van der Waals surface area contributed by atoms with E-state index >= 15 is 0 Å². The van der Waals surface area contributed by atoms with Gasteiger partial charge in [0, 0.05) is 17.8 Å². The van der Waals surface area contributed by atoms with Crippen LogP contribution in [0.15, 0.2) is 0 Å². The molecule has 3 unspecified atom stereocenters. The molecule has 0 aromatic heterocycles. The number of thioether (sulfide) groups is 1. The lowest BCUT2D eigenvalue weighted by atomic mass is 9.93. The molecule has 0 aromatic carbocycles. The molecule has 17 heavy (non-hydrogen) atoms. The van der Waals surface area contributed by atoms with Gasteiger partial charge in [0.05, 0.1) is 5.92 Å². The number of nitrogens with two attached hydrogens (primary N) is 1. The molecule has 1 aliphatic rings.